The molecule has 0 aromatic carbocycles. The predicted octanol–water partition coefficient (Wildman–Crippen LogP) is 1.50. The Hall–Kier alpha value is -1.60. The van der Waals surface area contributed by atoms with Crippen molar-refractivity contribution in [2.24, 2.45) is 18.9 Å². The molecule has 0 spiro atoms. The number of carbonyl (C=O) groups is 2. The number of rotatable bonds is 6. The summed E-state index contributed by atoms with van der Waals surface area (Å²) in [5.41, 5.74) is 0.862. The van der Waals surface area contributed by atoms with Crippen molar-refractivity contribution in [2.45, 2.75) is 45.7 Å². The zero-order valence-corrected chi connectivity index (χ0v) is 17.2. The first kappa shape index (κ1) is 22.4. The first-order valence-electron chi connectivity index (χ1n) is 9.08. The number of likely N-dealkylation sites (tertiary alicyclic amines) is 1. The Morgan fingerprint density at radius 2 is 1.85 bits per heavy atom. The van der Waals surface area contributed by atoms with Gasteiger partial charge in [0.15, 0.2) is 0 Å². The van der Waals surface area contributed by atoms with E-state index in [1.54, 1.807) is 17.9 Å². The van der Waals surface area contributed by atoms with Crippen molar-refractivity contribution in [1.82, 2.24) is 25.3 Å². The molecule has 2 N–H and O–H groups in total. The van der Waals surface area contributed by atoms with E-state index in [-0.39, 0.29) is 42.2 Å². The standard InChI is InChI=1S/C18H31N5O2.ClH/c1-12(2)13(3)21-17(24)14-6-8-23(9-7-14)18(25)16(19-4)15-10-20-22(5)11-15;/h10-14,16,19H,6-9H2,1-5H3,(H,21,24);1H. The monoisotopic (exact) mass is 385 g/mol. The smallest absolute Gasteiger partial charge is 0.244 e. The van der Waals surface area contributed by atoms with E-state index in [1.165, 1.54) is 0 Å². The van der Waals surface area contributed by atoms with Crippen molar-refractivity contribution in [1.29, 1.82) is 0 Å². The third kappa shape index (κ3) is 5.45. The van der Waals surface area contributed by atoms with Crippen molar-refractivity contribution in [2.75, 3.05) is 20.1 Å². The van der Waals surface area contributed by atoms with Gasteiger partial charge in [-0.1, -0.05) is 13.8 Å². The second-order valence-electron chi connectivity index (χ2n) is 7.31. The molecule has 1 saturated heterocycles. The van der Waals surface area contributed by atoms with Gasteiger partial charge >= 0.3 is 0 Å². The van der Waals surface area contributed by atoms with Crippen LogP contribution in [0.5, 0.6) is 0 Å². The minimum absolute atomic E-state index is 0. The third-order valence-corrected chi connectivity index (χ3v) is 5.14. The van der Waals surface area contributed by atoms with Gasteiger partial charge in [0.05, 0.1) is 6.20 Å². The summed E-state index contributed by atoms with van der Waals surface area (Å²) in [6, 6.07) is -0.216. The van der Waals surface area contributed by atoms with Gasteiger partial charge in [-0.3, -0.25) is 14.3 Å². The number of aryl methyl sites for hydroxylation is 1. The number of nitrogens with one attached hydrogen (secondary N) is 2. The number of carbonyl (C=O) groups excluding carboxylic acids is 2. The van der Waals surface area contributed by atoms with Crippen LogP contribution >= 0.6 is 12.4 Å². The highest BCUT2D eigenvalue weighted by atomic mass is 35.5. The Kier molecular flexibility index (Phi) is 8.56. The molecule has 8 heteroatoms. The molecule has 1 aliphatic heterocycles. The average Bonchev–Trinajstić information content (AvgIpc) is 3.01. The summed E-state index contributed by atoms with van der Waals surface area (Å²) < 4.78 is 1.69. The first-order chi connectivity index (χ1) is 11.8. The lowest BCUT2D eigenvalue weighted by Crippen LogP contribution is -2.48. The molecule has 1 aromatic rings. The topological polar surface area (TPSA) is 79.3 Å². The fourth-order valence-electron chi connectivity index (χ4n) is 3.08. The van der Waals surface area contributed by atoms with Crippen LogP contribution in [0.4, 0.5) is 0 Å². The first-order valence-corrected chi connectivity index (χ1v) is 9.08. The lowest BCUT2D eigenvalue weighted by atomic mass is 9.94. The van der Waals surface area contributed by atoms with Crippen LogP contribution in [0.2, 0.25) is 0 Å². The van der Waals surface area contributed by atoms with Gasteiger partial charge in [0.25, 0.3) is 0 Å². The van der Waals surface area contributed by atoms with Gasteiger partial charge in [0, 0.05) is 43.9 Å². The molecular weight excluding hydrogens is 354 g/mol. The minimum Gasteiger partial charge on any atom is -0.353 e. The van der Waals surface area contributed by atoms with Crippen molar-refractivity contribution in [3.63, 3.8) is 0 Å². The zero-order valence-electron chi connectivity index (χ0n) is 16.4. The van der Waals surface area contributed by atoms with E-state index in [1.807, 2.05) is 25.1 Å². The lowest BCUT2D eigenvalue weighted by Gasteiger charge is -2.34. The van der Waals surface area contributed by atoms with Crippen LogP contribution in [0.25, 0.3) is 0 Å². The van der Waals surface area contributed by atoms with Crippen molar-refractivity contribution >= 4 is 24.2 Å². The fraction of sp³-hybridized carbons (Fsp3) is 0.722. The molecule has 1 aliphatic rings. The van der Waals surface area contributed by atoms with Crippen LogP contribution in [-0.4, -0.2) is 52.7 Å². The number of aromatic nitrogens is 2. The van der Waals surface area contributed by atoms with E-state index in [0.717, 1.165) is 5.56 Å². The molecule has 0 aliphatic carbocycles. The Morgan fingerprint density at radius 3 is 2.31 bits per heavy atom. The molecule has 1 aromatic heterocycles. The highest BCUT2D eigenvalue weighted by Gasteiger charge is 2.31. The predicted molar refractivity (Wildman–Crippen MR) is 104 cm³/mol. The molecule has 0 bridgehead atoms. The summed E-state index contributed by atoms with van der Waals surface area (Å²) in [5, 5.41) is 10.3. The Bertz CT molecular complexity index is 596. The number of likely N-dealkylation sites (N-methyl/N-ethyl adjacent to an activating group) is 1. The van der Waals surface area contributed by atoms with Crippen LogP contribution < -0.4 is 10.6 Å². The quantitative estimate of drug-likeness (QED) is 0.777. The maximum atomic E-state index is 12.8. The highest BCUT2D eigenvalue weighted by molar-refractivity contribution is 5.85. The number of hydrogen-bond donors (Lipinski definition) is 2. The molecule has 0 saturated carbocycles. The number of nitrogens with zero attached hydrogens (tertiary/aromatic N) is 3. The molecule has 7 nitrogen and oxygen atoms in total. The molecule has 0 radical (unpaired) electrons. The molecule has 2 heterocycles. The van der Waals surface area contributed by atoms with E-state index in [9.17, 15) is 9.59 Å². The van der Waals surface area contributed by atoms with E-state index in [0.29, 0.717) is 31.8 Å². The van der Waals surface area contributed by atoms with Crippen LogP contribution in [0.3, 0.4) is 0 Å². The number of hydrogen-bond acceptors (Lipinski definition) is 4. The summed E-state index contributed by atoms with van der Waals surface area (Å²) in [5.74, 6) is 0.578. The van der Waals surface area contributed by atoms with Crippen molar-refractivity contribution in [3.05, 3.63) is 18.0 Å². The Morgan fingerprint density at radius 1 is 1.23 bits per heavy atom. The van der Waals surface area contributed by atoms with E-state index >= 15 is 0 Å². The number of amides is 2. The Balaban J connectivity index is 0.00000338. The van der Waals surface area contributed by atoms with Gasteiger partial charge in [0.2, 0.25) is 11.8 Å². The molecule has 2 rings (SSSR count). The van der Waals surface area contributed by atoms with E-state index in [4.69, 9.17) is 0 Å². The maximum Gasteiger partial charge on any atom is 0.244 e. The van der Waals surface area contributed by atoms with Gasteiger partial charge in [0.1, 0.15) is 6.04 Å². The van der Waals surface area contributed by atoms with E-state index < -0.39 is 0 Å². The molecule has 148 valence electrons. The second-order valence-corrected chi connectivity index (χ2v) is 7.31. The summed E-state index contributed by atoms with van der Waals surface area (Å²) in [4.78, 5) is 27.0. The van der Waals surface area contributed by atoms with Gasteiger partial charge in [-0.15, -0.1) is 12.4 Å². The molecule has 26 heavy (non-hydrogen) atoms. The fourth-order valence-corrected chi connectivity index (χ4v) is 3.08. The summed E-state index contributed by atoms with van der Waals surface area (Å²) in [6.45, 7) is 7.47. The third-order valence-electron chi connectivity index (χ3n) is 5.14. The van der Waals surface area contributed by atoms with Crippen LogP contribution in [0, 0.1) is 11.8 Å². The maximum absolute atomic E-state index is 12.8. The average molecular weight is 386 g/mol. The molecule has 2 amide bonds. The number of halogens is 1. The SMILES string of the molecule is CNC(C(=O)N1CCC(C(=O)NC(C)C(C)C)CC1)c1cnn(C)c1.Cl. The molecular formula is C18H32ClN5O2. The van der Waals surface area contributed by atoms with Gasteiger partial charge in [-0.05, 0) is 32.7 Å². The van der Waals surface area contributed by atoms with E-state index in [2.05, 4.69) is 29.6 Å². The second kappa shape index (κ2) is 9.92. The Labute approximate surface area is 162 Å². The van der Waals surface area contributed by atoms with Gasteiger partial charge in [-0.25, -0.2) is 0 Å². The van der Waals surface area contributed by atoms with Crippen molar-refractivity contribution < 1.29 is 9.59 Å². The molecule has 2 unspecified atom stereocenters. The minimum atomic E-state index is -0.389. The molecule has 2 atom stereocenters. The number of piperidine rings is 1. The zero-order chi connectivity index (χ0) is 18.6. The van der Waals surface area contributed by atoms with Crippen LogP contribution in [0.1, 0.15) is 45.2 Å². The van der Waals surface area contributed by atoms with Crippen LogP contribution in [-0.2, 0) is 16.6 Å². The lowest BCUT2D eigenvalue weighted by molar-refractivity contribution is -0.137. The summed E-state index contributed by atoms with van der Waals surface area (Å²) >= 11 is 0. The summed E-state index contributed by atoms with van der Waals surface area (Å²) in [6.07, 6.45) is 5.00. The van der Waals surface area contributed by atoms with Crippen molar-refractivity contribution in [3.8, 4) is 0 Å². The van der Waals surface area contributed by atoms with Crippen LogP contribution in [0.15, 0.2) is 12.4 Å². The van der Waals surface area contributed by atoms with Gasteiger partial charge < -0.3 is 15.5 Å². The summed E-state index contributed by atoms with van der Waals surface area (Å²) in [7, 11) is 3.62. The molecule has 1 fully saturated rings. The normalized spacial score (nSPS) is 17.5. The largest absolute Gasteiger partial charge is 0.353 e. The highest BCUT2D eigenvalue weighted by Crippen LogP contribution is 2.22. The van der Waals surface area contributed by atoms with Gasteiger partial charge in [-0.2, -0.15) is 5.10 Å².